The van der Waals surface area contributed by atoms with E-state index in [9.17, 15) is 4.79 Å². The SMILES string of the molecule is Cc1nc(C)c(CC(=O)N[C@@H]2CCC[C@H]2OCc2ccccc2)s1. The number of amides is 1. The topological polar surface area (TPSA) is 51.2 Å². The Bertz CT molecular complexity index is 684. The summed E-state index contributed by atoms with van der Waals surface area (Å²) in [6.45, 7) is 4.54. The van der Waals surface area contributed by atoms with E-state index in [1.807, 2.05) is 32.0 Å². The van der Waals surface area contributed by atoms with Crippen LogP contribution in [0.25, 0.3) is 0 Å². The lowest BCUT2D eigenvalue weighted by molar-refractivity contribution is -0.122. The van der Waals surface area contributed by atoms with E-state index in [4.69, 9.17) is 4.74 Å². The molecule has 1 aromatic carbocycles. The standard InChI is InChI=1S/C19H24N2O2S/c1-13-18(24-14(2)20-13)11-19(22)21-16-9-6-10-17(16)23-12-15-7-4-3-5-8-15/h3-5,7-8,16-17H,6,9-12H2,1-2H3,(H,21,22)/t16-,17-/m1/s1. The van der Waals surface area contributed by atoms with Gasteiger partial charge >= 0.3 is 0 Å². The van der Waals surface area contributed by atoms with Crippen LogP contribution in [0.5, 0.6) is 0 Å². The van der Waals surface area contributed by atoms with Gasteiger partial charge in [-0.1, -0.05) is 30.3 Å². The fourth-order valence-corrected chi connectivity index (χ4v) is 4.15. The van der Waals surface area contributed by atoms with Crippen molar-refractivity contribution in [2.75, 3.05) is 0 Å². The Morgan fingerprint density at radius 1 is 1.29 bits per heavy atom. The summed E-state index contributed by atoms with van der Waals surface area (Å²) in [6, 6.07) is 10.3. The van der Waals surface area contributed by atoms with E-state index >= 15 is 0 Å². The Kier molecular flexibility index (Phi) is 5.63. The molecular formula is C19H24N2O2S. The van der Waals surface area contributed by atoms with Crippen LogP contribution in [0, 0.1) is 13.8 Å². The van der Waals surface area contributed by atoms with E-state index in [0.29, 0.717) is 13.0 Å². The highest BCUT2D eigenvalue weighted by Gasteiger charge is 2.29. The molecule has 1 amide bonds. The van der Waals surface area contributed by atoms with Crippen molar-refractivity contribution in [1.29, 1.82) is 0 Å². The Hall–Kier alpha value is -1.72. The molecule has 5 heteroatoms. The van der Waals surface area contributed by atoms with Crippen molar-refractivity contribution in [3.05, 3.63) is 51.5 Å². The van der Waals surface area contributed by atoms with Gasteiger partial charge < -0.3 is 10.1 Å². The minimum atomic E-state index is 0.0713. The van der Waals surface area contributed by atoms with Crippen LogP contribution in [-0.4, -0.2) is 23.0 Å². The zero-order valence-electron chi connectivity index (χ0n) is 14.2. The molecule has 1 fully saturated rings. The molecule has 0 bridgehead atoms. The van der Waals surface area contributed by atoms with E-state index in [2.05, 4.69) is 22.4 Å². The maximum Gasteiger partial charge on any atom is 0.225 e. The number of hydrogen-bond donors (Lipinski definition) is 1. The number of rotatable bonds is 6. The molecule has 1 aromatic heterocycles. The average Bonchev–Trinajstić information content (AvgIpc) is 3.12. The Morgan fingerprint density at radius 3 is 2.79 bits per heavy atom. The second kappa shape index (κ2) is 7.90. The van der Waals surface area contributed by atoms with Crippen molar-refractivity contribution in [3.63, 3.8) is 0 Å². The lowest BCUT2D eigenvalue weighted by Gasteiger charge is -2.21. The highest BCUT2D eigenvalue weighted by molar-refractivity contribution is 7.11. The summed E-state index contributed by atoms with van der Waals surface area (Å²) in [6.07, 6.45) is 3.63. The van der Waals surface area contributed by atoms with Crippen LogP contribution in [0.3, 0.4) is 0 Å². The fraction of sp³-hybridized carbons (Fsp3) is 0.474. The number of thiazole rings is 1. The van der Waals surface area contributed by atoms with Gasteiger partial charge in [0.05, 0.1) is 35.9 Å². The lowest BCUT2D eigenvalue weighted by atomic mass is 10.2. The molecule has 24 heavy (non-hydrogen) atoms. The van der Waals surface area contributed by atoms with Crippen LogP contribution in [0.2, 0.25) is 0 Å². The number of carbonyl (C=O) groups is 1. The van der Waals surface area contributed by atoms with Crippen molar-refractivity contribution < 1.29 is 9.53 Å². The Balaban J connectivity index is 1.51. The van der Waals surface area contributed by atoms with Gasteiger partial charge in [-0.05, 0) is 38.7 Å². The molecule has 128 valence electrons. The molecule has 1 heterocycles. The zero-order chi connectivity index (χ0) is 16.9. The normalized spacial score (nSPS) is 20.2. The molecule has 2 atom stereocenters. The van der Waals surface area contributed by atoms with Crippen molar-refractivity contribution in [3.8, 4) is 0 Å². The van der Waals surface area contributed by atoms with Crippen molar-refractivity contribution in [2.45, 2.75) is 58.3 Å². The monoisotopic (exact) mass is 344 g/mol. The maximum atomic E-state index is 12.4. The van der Waals surface area contributed by atoms with Crippen molar-refractivity contribution >= 4 is 17.2 Å². The first kappa shape index (κ1) is 17.1. The summed E-state index contributed by atoms with van der Waals surface area (Å²) < 4.78 is 6.06. The predicted molar refractivity (Wildman–Crippen MR) is 96.1 cm³/mol. The van der Waals surface area contributed by atoms with Gasteiger partial charge in [0.15, 0.2) is 0 Å². The summed E-state index contributed by atoms with van der Waals surface area (Å²) >= 11 is 1.61. The highest BCUT2D eigenvalue weighted by atomic mass is 32.1. The number of benzene rings is 1. The molecule has 1 aliphatic carbocycles. The van der Waals surface area contributed by atoms with Crippen LogP contribution in [0.4, 0.5) is 0 Å². The summed E-state index contributed by atoms with van der Waals surface area (Å²) in [4.78, 5) is 17.8. The summed E-state index contributed by atoms with van der Waals surface area (Å²) in [5.74, 6) is 0.0713. The number of hydrogen-bond acceptors (Lipinski definition) is 4. The van der Waals surface area contributed by atoms with Gasteiger partial charge in [0.2, 0.25) is 5.91 Å². The van der Waals surface area contributed by atoms with E-state index in [0.717, 1.165) is 34.8 Å². The van der Waals surface area contributed by atoms with Gasteiger partial charge in [0.1, 0.15) is 0 Å². The first-order chi connectivity index (χ1) is 11.6. The van der Waals surface area contributed by atoms with Crippen molar-refractivity contribution in [2.24, 2.45) is 0 Å². The zero-order valence-corrected chi connectivity index (χ0v) is 15.1. The van der Waals surface area contributed by atoms with E-state index < -0.39 is 0 Å². The number of ether oxygens (including phenoxy) is 1. The number of nitrogens with one attached hydrogen (secondary N) is 1. The molecule has 1 N–H and O–H groups in total. The molecule has 1 saturated carbocycles. The quantitative estimate of drug-likeness (QED) is 0.872. The molecule has 2 aromatic rings. The maximum absolute atomic E-state index is 12.4. The molecule has 0 saturated heterocycles. The number of aryl methyl sites for hydroxylation is 2. The molecule has 3 rings (SSSR count). The second-order valence-corrected chi connectivity index (χ2v) is 7.65. The minimum Gasteiger partial charge on any atom is -0.371 e. The second-order valence-electron chi connectivity index (χ2n) is 6.36. The highest BCUT2D eigenvalue weighted by Crippen LogP contribution is 2.24. The van der Waals surface area contributed by atoms with E-state index in [1.165, 1.54) is 5.56 Å². The fourth-order valence-electron chi connectivity index (χ4n) is 3.21. The molecule has 1 aliphatic rings. The predicted octanol–water partition coefficient (Wildman–Crippen LogP) is 3.56. The van der Waals surface area contributed by atoms with Gasteiger partial charge in [-0.25, -0.2) is 4.98 Å². The Labute approximate surface area is 147 Å². The lowest BCUT2D eigenvalue weighted by Crippen LogP contribution is -2.41. The first-order valence-corrected chi connectivity index (χ1v) is 9.31. The van der Waals surface area contributed by atoms with Gasteiger partial charge in [-0.2, -0.15) is 0 Å². The van der Waals surface area contributed by atoms with Crippen molar-refractivity contribution in [1.82, 2.24) is 10.3 Å². The van der Waals surface area contributed by atoms with E-state index in [-0.39, 0.29) is 18.1 Å². The molecule has 0 unspecified atom stereocenters. The summed E-state index contributed by atoms with van der Waals surface area (Å²) in [7, 11) is 0. The largest absolute Gasteiger partial charge is 0.371 e. The van der Waals surface area contributed by atoms with Crippen LogP contribution in [0.15, 0.2) is 30.3 Å². The summed E-state index contributed by atoms with van der Waals surface area (Å²) in [5, 5.41) is 4.18. The van der Waals surface area contributed by atoms with Crippen LogP contribution in [-0.2, 0) is 22.6 Å². The molecule has 0 radical (unpaired) electrons. The third-order valence-electron chi connectivity index (χ3n) is 4.43. The Morgan fingerprint density at radius 2 is 2.08 bits per heavy atom. The van der Waals surface area contributed by atoms with Crippen LogP contribution in [0.1, 0.15) is 40.4 Å². The average molecular weight is 344 g/mol. The smallest absolute Gasteiger partial charge is 0.225 e. The van der Waals surface area contributed by atoms with Crippen LogP contribution < -0.4 is 5.32 Å². The van der Waals surface area contributed by atoms with Gasteiger partial charge in [-0.3, -0.25) is 4.79 Å². The number of aromatic nitrogens is 1. The third-order valence-corrected chi connectivity index (χ3v) is 5.50. The summed E-state index contributed by atoms with van der Waals surface area (Å²) in [5.41, 5.74) is 2.14. The first-order valence-electron chi connectivity index (χ1n) is 8.49. The molecular weight excluding hydrogens is 320 g/mol. The molecule has 0 aliphatic heterocycles. The molecule has 0 spiro atoms. The molecule has 4 nitrogen and oxygen atoms in total. The minimum absolute atomic E-state index is 0.0713. The number of carbonyl (C=O) groups excluding carboxylic acids is 1. The van der Waals surface area contributed by atoms with Gasteiger partial charge in [-0.15, -0.1) is 11.3 Å². The number of nitrogens with zero attached hydrogens (tertiary/aromatic N) is 1. The van der Waals surface area contributed by atoms with Crippen LogP contribution >= 0.6 is 11.3 Å². The third kappa shape index (κ3) is 4.42. The van der Waals surface area contributed by atoms with E-state index in [1.54, 1.807) is 11.3 Å². The van der Waals surface area contributed by atoms with Gasteiger partial charge in [0.25, 0.3) is 0 Å². The van der Waals surface area contributed by atoms with Gasteiger partial charge in [0, 0.05) is 4.88 Å².